The molecule has 0 aliphatic rings. The Bertz CT molecular complexity index is 600. The summed E-state index contributed by atoms with van der Waals surface area (Å²) < 4.78 is 1.20. The minimum Gasteiger partial charge on any atom is -0.399 e. The van der Waals surface area contributed by atoms with Gasteiger partial charge in [-0.2, -0.15) is 0 Å². The van der Waals surface area contributed by atoms with E-state index in [-0.39, 0.29) is 5.91 Å². The summed E-state index contributed by atoms with van der Waals surface area (Å²) in [4.78, 5) is 11.0. The monoisotopic (exact) mass is 404 g/mol. The van der Waals surface area contributed by atoms with E-state index in [2.05, 4.69) is 58.1 Å². The number of carbonyl (C=O) groups is 1. The van der Waals surface area contributed by atoms with Crippen LogP contribution in [0, 0.1) is 18.8 Å². The summed E-state index contributed by atoms with van der Waals surface area (Å²) in [7, 11) is 0. The third kappa shape index (κ3) is 10.7. The highest BCUT2D eigenvalue weighted by Crippen LogP contribution is 2.21. The molecule has 1 rings (SSSR count). The molecule has 1 aromatic rings. The zero-order chi connectivity index (χ0) is 21.9. The van der Waals surface area contributed by atoms with E-state index in [0.29, 0.717) is 11.8 Å². The number of nitrogens with zero attached hydrogens (tertiary/aromatic N) is 1. The highest BCUT2D eigenvalue weighted by Gasteiger charge is 2.29. The van der Waals surface area contributed by atoms with Crippen LogP contribution in [-0.4, -0.2) is 43.1 Å². The molecule has 0 saturated heterocycles. The fraction of sp³-hybridized carbons (Fsp3) is 0.720. The molecule has 0 bridgehead atoms. The van der Waals surface area contributed by atoms with Crippen molar-refractivity contribution in [3.8, 4) is 0 Å². The largest absolute Gasteiger partial charge is 0.399 e. The molecular formula is C25H46N3O+. The zero-order valence-corrected chi connectivity index (χ0v) is 19.9. The SMILES string of the molecule is CC(=O)NCCCCCC[N+](CCc1ccc(C)c(N)c1)(CC(C)C)CC(C)C. The fourth-order valence-electron chi connectivity index (χ4n) is 4.50. The molecule has 29 heavy (non-hydrogen) atoms. The van der Waals surface area contributed by atoms with Crippen LogP contribution in [0.4, 0.5) is 5.69 Å². The van der Waals surface area contributed by atoms with Crippen LogP contribution in [0.3, 0.4) is 0 Å². The lowest BCUT2D eigenvalue weighted by molar-refractivity contribution is -0.933. The molecule has 3 N–H and O–H groups in total. The van der Waals surface area contributed by atoms with Gasteiger partial charge in [-0.15, -0.1) is 0 Å². The molecule has 166 valence electrons. The number of aryl methyl sites for hydroxylation is 1. The van der Waals surface area contributed by atoms with Gasteiger partial charge in [0.2, 0.25) is 5.91 Å². The fourth-order valence-corrected chi connectivity index (χ4v) is 4.50. The van der Waals surface area contributed by atoms with Crippen molar-refractivity contribution in [1.82, 2.24) is 5.32 Å². The van der Waals surface area contributed by atoms with Gasteiger partial charge < -0.3 is 15.5 Å². The Hall–Kier alpha value is -1.55. The van der Waals surface area contributed by atoms with Crippen molar-refractivity contribution in [3.63, 3.8) is 0 Å². The van der Waals surface area contributed by atoms with E-state index in [1.165, 1.54) is 55.5 Å². The first-order valence-corrected chi connectivity index (χ1v) is 11.6. The Kier molecular flexibility index (Phi) is 11.3. The van der Waals surface area contributed by atoms with E-state index < -0.39 is 0 Å². The number of carbonyl (C=O) groups excluding carboxylic acids is 1. The lowest BCUT2D eigenvalue weighted by Gasteiger charge is -2.42. The van der Waals surface area contributed by atoms with Gasteiger partial charge >= 0.3 is 0 Å². The average molecular weight is 405 g/mol. The van der Waals surface area contributed by atoms with Crippen LogP contribution in [0.25, 0.3) is 0 Å². The van der Waals surface area contributed by atoms with Crippen LogP contribution in [0.15, 0.2) is 18.2 Å². The number of hydrogen-bond donors (Lipinski definition) is 2. The van der Waals surface area contributed by atoms with Gasteiger partial charge in [0, 0.05) is 37.4 Å². The highest BCUT2D eigenvalue weighted by atomic mass is 16.1. The predicted octanol–water partition coefficient (Wildman–Crippen LogP) is 4.95. The first-order chi connectivity index (χ1) is 13.6. The molecule has 0 aliphatic carbocycles. The first kappa shape index (κ1) is 25.5. The number of nitrogens with one attached hydrogen (secondary N) is 1. The van der Waals surface area contributed by atoms with E-state index in [1.54, 1.807) is 6.92 Å². The van der Waals surface area contributed by atoms with E-state index in [0.717, 1.165) is 30.6 Å². The normalized spacial score (nSPS) is 12.0. The molecule has 1 aromatic carbocycles. The summed E-state index contributed by atoms with van der Waals surface area (Å²) in [5.41, 5.74) is 9.58. The van der Waals surface area contributed by atoms with Gasteiger partial charge in [0.05, 0.1) is 26.2 Å². The summed E-state index contributed by atoms with van der Waals surface area (Å²) in [5, 5.41) is 2.90. The molecule has 1 amide bonds. The van der Waals surface area contributed by atoms with Gasteiger partial charge in [-0.1, -0.05) is 46.2 Å². The second kappa shape index (κ2) is 12.9. The van der Waals surface area contributed by atoms with Crippen LogP contribution in [0.2, 0.25) is 0 Å². The quantitative estimate of drug-likeness (QED) is 0.262. The molecular weight excluding hydrogens is 358 g/mol. The third-order valence-electron chi connectivity index (χ3n) is 5.66. The zero-order valence-electron chi connectivity index (χ0n) is 19.9. The number of rotatable bonds is 14. The average Bonchev–Trinajstić information content (AvgIpc) is 2.60. The third-order valence-corrected chi connectivity index (χ3v) is 5.66. The van der Waals surface area contributed by atoms with Crippen molar-refractivity contribution in [1.29, 1.82) is 0 Å². The van der Waals surface area contributed by atoms with Gasteiger partial charge in [0.15, 0.2) is 0 Å². The maximum atomic E-state index is 11.0. The number of anilines is 1. The molecule has 0 heterocycles. The number of quaternary nitrogens is 1. The van der Waals surface area contributed by atoms with Gasteiger partial charge in [-0.05, 0) is 43.4 Å². The highest BCUT2D eigenvalue weighted by molar-refractivity contribution is 5.72. The van der Waals surface area contributed by atoms with Crippen molar-refractivity contribution in [2.75, 3.05) is 38.5 Å². The lowest BCUT2D eigenvalue weighted by Crippen LogP contribution is -2.54. The number of nitrogen functional groups attached to an aromatic ring is 1. The van der Waals surface area contributed by atoms with Crippen molar-refractivity contribution in [2.24, 2.45) is 11.8 Å². The Labute approximate surface area is 179 Å². The second-order valence-electron chi connectivity index (χ2n) is 9.78. The van der Waals surface area contributed by atoms with Crippen molar-refractivity contribution >= 4 is 11.6 Å². The number of unbranched alkanes of at least 4 members (excludes halogenated alkanes) is 3. The molecule has 0 spiro atoms. The Morgan fingerprint density at radius 1 is 1.00 bits per heavy atom. The molecule has 0 fully saturated rings. The predicted molar refractivity (Wildman–Crippen MR) is 126 cm³/mol. The van der Waals surface area contributed by atoms with Crippen molar-refractivity contribution < 1.29 is 9.28 Å². The Morgan fingerprint density at radius 2 is 1.62 bits per heavy atom. The maximum Gasteiger partial charge on any atom is 0.216 e. The van der Waals surface area contributed by atoms with E-state index in [1.807, 2.05) is 0 Å². The smallest absolute Gasteiger partial charge is 0.216 e. The van der Waals surface area contributed by atoms with Crippen molar-refractivity contribution in [2.45, 2.75) is 73.6 Å². The molecule has 4 heteroatoms. The lowest BCUT2D eigenvalue weighted by atomic mass is 10.0. The minimum atomic E-state index is 0.0753. The summed E-state index contributed by atoms with van der Waals surface area (Å²) in [6, 6.07) is 6.56. The number of nitrogens with two attached hydrogens (primary N) is 1. The summed E-state index contributed by atoms with van der Waals surface area (Å²) in [6.45, 7) is 18.8. The standard InChI is InChI=1S/C25H45N3O/c1-20(2)18-28(19-21(3)4,15-10-8-7-9-14-27-23(6)29)16-13-24-12-11-22(5)25(26)17-24/h11-12,17,20-21H,7-10,13-16,18-19,26H2,1-6H3/p+1. The summed E-state index contributed by atoms with van der Waals surface area (Å²) in [6.07, 6.45) is 5.87. The Morgan fingerprint density at radius 3 is 2.17 bits per heavy atom. The molecule has 0 atom stereocenters. The van der Waals surface area contributed by atoms with Crippen LogP contribution in [-0.2, 0) is 11.2 Å². The van der Waals surface area contributed by atoms with E-state index in [4.69, 9.17) is 5.73 Å². The van der Waals surface area contributed by atoms with Crippen LogP contribution >= 0.6 is 0 Å². The van der Waals surface area contributed by atoms with Gasteiger partial charge in [0.25, 0.3) is 0 Å². The molecule has 0 aromatic heterocycles. The molecule has 0 aliphatic heterocycles. The van der Waals surface area contributed by atoms with Crippen LogP contribution < -0.4 is 11.1 Å². The van der Waals surface area contributed by atoms with E-state index in [9.17, 15) is 4.79 Å². The summed E-state index contributed by atoms with van der Waals surface area (Å²) in [5.74, 6) is 1.46. The minimum absolute atomic E-state index is 0.0753. The second-order valence-corrected chi connectivity index (χ2v) is 9.78. The topological polar surface area (TPSA) is 55.1 Å². The van der Waals surface area contributed by atoms with Crippen molar-refractivity contribution in [3.05, 3.63) is 29.3 Å². The van der Waals surface area contributed by atoms with E-state index >= 15 is 0 Å². The van der Waals surface area contributed by atoms with Gasteiger partial charge in [0.1, 0.15) is 0 Å². The number of amides is 1. The molecule has 4 nitrogen and oxygen atoms in total. The summed E-state index contributed by atoms with van der Waals surface area (Å²) >= 11 is 0. The van der Waals surface area contributed by atoms with Crippen LogP contribution in [0.1, 0.15) is 71.4 Å². The Balaban J connectivity index is 2.70. The van der Waals surface area contributed by atoms with Crippen LogP contribution in [0.5, 0.6) is 0 Å². The molecule has 0 saturated carbocycles. The first-order valence-electron chi connectivity index (χ1n) is 11.6. The number of hydrogen-bond acceptors (Lipinski definition) is 2. The van der Waals surface area contributed by atoms with Gasteiger partial charge in [-0.25, -0.2) is 0 Å². The maximum absolute atomic E-state index is 11.0. The number of benzene rings is 1. The van der Waals surface area contributed by atoms with Gasteiger partial charge in [-0.3, -0.25) is 4.79 Å². The molecule has 0 unspecified atom stereocenters. The molecule has 0 radical (unpaired) electrons.